The molecular formula is C32H35N3O5S. The summed E-state index contributed by atoms with van der Waals surface area (Å²) in [5, 5.41) is 0.881. The summed E-state index contributed by atoms with van der Waals surface area (Å²) in [5.41, 5.74) is 3.30. The SMILES string of the molecule is O=C(NS(=O)(=O)C[C@@H]1CCCN(C(=O)OCc2ccccc2)C1)c1cc2ccccc2n1CCCc1ccccc1. The van der Waals surface area contributed by atoms with Gasteiger partial charge in [0.1, 0.15) is 12.3 Å². The maximum Gasteiger partial charge on any atom is 0.410 e. The van der Waals surface area contributed by atoms with Crippen LogP contribution in [0.25, 0.3) is 10.9 Å². The van der Waals surface area contributed by atoms with Gasteiger partial charge in [-0.15, -0.1) is 0 Å². The molecule has 2 amide bonds. The molecule has 1 N–H and O–H groups in total. The van der Waals surface area contributed by atoms with Crippen molar-refractivity contribution in [3.05, 3.63) is 108 Å². The minimum atomic E-state index is -3.94. The molecule has 1 atom stereocenters. The summed E-state index contributed by atoms with van der Waals surface area (Å²) in [6.45, 7) is 1.52. The number of sulfonamides is 1. The molecular weight excluding hydrogens is 538 g/mol. The number of fused-ring (bicyclic) bond motifs is 1. The first kappa shape index (κ1) is 28.4. The molecule has 0 unspecified atom stereocenters. The van der Waals surface area contributed by atoms with E-state index in [1.807, 2.05) is 77.4 Å². The van der Waals surface area contributed by atoms with Gasteiger partial charge in [-0.2, -0.15) is 0 Å². The van der Waals surface area contributed by atoms with Crippen LogP contribution in [0.5, 0.6) is 0 Å². The lowest BCUT2D eigenvalue weighted by molar-refractivity contribution is 0.0811. The number of ether oxygens (including phenoxy) is 1. The van der Waals surface area contributed by atoms with Crippen molar-refractivity contribution in [2.24, 2.45) is 5.92 Å². The number of hydrogen-bond donors (Lipinski definition) is 1. The van der Waals surface area contributed by atoms with Crippen molar-refractivity contribution in [2.45, 2.75) is 38.8 Å². The molecule has 0 saturated carbocycles. The third-order valence-corrected chi connectivity index (χ3v) is 8.83. The van der Waals surface area contributed by atoms with Crippen LogP contribution in [0.3, 0.4) is 0 Å². The fraction of sp³-hybridized carbons (Fsp3) is 0.312. The summed E-state index contributed by atoms with van der Waals surface area (Å²) in [6, 6.07) is 29.0. The van der Waals surface area contributed by atoms with Crippen molar-refractivity contribution in [1.82, 2.24) is 14.2 Å². The van der Waals surface area contributed by atoms with E-state index >= 15 is 0 Å². The van der Waals surface area contributed by atoms with Crippen molar-refractivity contribution in [3.8, 4) is 0 Å². The Morgan fingerprint density at radius 2 is 1.59 bits per heavy atom. The van der Waals surface area contributed by atoms with Gasteiger partial charge in [-0.05, 0) is 54.9 Å². The zero-order valence-corrected chi connectivity index (χ0v) is 23.8. The Bertz CT molecular complexity index is 1590. The normalized spacial score (nSPS) is 15.5. The van der Waals surface area contributed by atoms with Crippen molar-refractivity contribution in [3.63, 3.8) is 0 Å². The van der Waals surface area contributed by atoms with Gasteiger partial charge in [-0.25, -0.2) is 17.9 Å². The maximum atomic E-state index is 13.3. The van der Waals surface area contributed by atoms with Gasteiger partial charge >= 0.3 is 6.09 Å². The first-order valence-electron chi connectivity index (χ1n) is 14.0. The summed E-state index contributed by atoms with van der Waals surface area (Å²) in [6.07, 6.45) is 2.51. The number of carbonyl (C=O) groups is 2. The van der Waals surface area contributed by atoms with E-state index in [1.165, 1.54) is 5.56 Å². The number of rotatable bonds is 10. The molecule has 214 valence electrons. The van der Waals surface area contributed by atoms with E-state index in [4.69, 9.17) is 4.74 Å². The number of hydrogen-bond acceptors (Lipinski definition) is 5. The minimum absolute atomic E-state index is 0.161. The van der Waals surface area contributed by atoms with Crippen LogP contribution in [0.4, 0.5) is 4.79 Å². The van der Waals surface area contributed by atoms with Crippen LogP contribution in [0, 0.1) is 5.92 Å². The highest BCUT2D eigenvalue weighted by Crippen LogP contribution is 2.23. The van der Waals surface area contributed by atoms with E-state index in [2.05, 4.69) is 16.9 Å². The fourth-order valence-corrected chi connectivity index (χ4v) is 6.81. The number of likely N-dealkylation sites (tertiary alicyclic amines) is 1. The van der Waals surface area contributed by atoms with Crippen LogP contribution in [-0.4, -0.2) is 48.7 Å². The molecule has 2 heterocycles. The fourth-order valence-electron chi connectivity index (χ4n) is 5.45. The van der Waals surface area contributed by atoms with E-state index in [9.17, 15) is 18.0 Å². The first-order valence-corrected chi connectivity index (χ1v) is 15.7. The Morgan fingerprint density at radius 3 is 2.34 bits per heavy atom. The van der Waals surface area contributed by atoms with Gasteiger partial charge in [0.25, 0.3) is 5.91 Å². The molecule has 0 aliphatic carbocycles. The highest BCUT2D eigenvalue weighted by molar-refractivity contribution is 7.90. The number of nitrogens with zero attached hydrogens (tertiary/aromatic N) is 2. The third kappa shape index (κ3) is 7.55. The van der Waals surface area contributed by atoms with Gasteiger partial charge in [0, 0.05) is 30.5 Å². The van der Waals surface area contributed by atoms with Crippen LogP contribution >= 0.6 is 0 Å². The molecule has 1 saturated heterocycles. The number of aromatic nitrogens is 1. The number of para-hydroxylation sites is 1. The van der Waals surface area contributed by atoms with Crippen LogP contribution in [0.15, 0.2) is 91.0 Å². The van der Waals surface area contributed by atoms with Gasteiger partial charge < -0.3 is 14.2 Å². The largest absolute Gasteiger partial charge is 0.445 e. The molecule has 41 heavy (non-hydrogen) atoms. The minimum Gasteiger partial charge on any atom is -0.445 e. The third-order valence-electron chi connectivity index (χ3n) is 7.42. The standard InChI is InChI=1S/C32H35N3O5S/c36-31(30-21-28-17-7-8-18-29(28)35(30)20-10-15-25-11-3-1-4-12-25)33-41(38,39)24-27-16-9-19-34(22-27)32(37)40-23-26-13-5-2-6-14-26/h1-8,11-14,17-18,21,27H,9-10,15-16,19-20,22-24H2,(H,33,36)/t27-/m1/s1. The van der Waals surface area contributed by atoms with E-state index in [-0.39, 0.29) is 24.8 Å². The smallest absolute Gasteiger partial charge is 0.410 e. The second-order valence-corrected chi connectivity index (χ2v) is 12.3. The summed E-state index contributed by atoms with van der Waals surface area (Å²) < 4.78 is 35.9. The Balaban J connectivity index is 1.21. The van der Waals surface area contributed by atoms with E-state index in [1.54, 1.807) is 11.0 Å². The number of nitrogens with one attached hydrogen (secondary N) is 1. The van der Waals surface area contributed by atoms with E-state index in [0.717, 1.165) is 29.3 Å². The van der Waals surface area contributed by atoms with Gasteiger partial charge in [0.15, 0.2) is 0 Å². The van der Waals surface area contributed by atoms with Crippen molar-refractivity contribution in [2.75, 3.05) is 18.8 Å². The molecule has 0 spiro atoms. The van der Waals surface area contributed by atoms with Gasteiger partial charge in [0.05, 0.1) is 5.75 Å². The zero-order valence-electron chi connectivity index (χ0n) is 22.9. The molecule has 3 aromatic carbocycles. The van der Waals surface area contributed by atoms with Crippen molar-refractivity contribution in [1.29, 1.82) is 0 Å². The number of benzene rings is 3. The lowest BCUT2D eigenvalue weighted by atomic mass is 10.0. The van der Waals surface area contributed by atoms with Gasteiger partial charge in [0.2, 0.25) is 10.0 Å². The Labute approximate surface area is 241 Å². The van der Waals surface area contributed by atoms with Crippen LogP contribution in [0.1, 0.15) is 40.9 Å². The van der Waals surface area contributed by atoms with Crippen molar-refractivity contribution < 1.29 is 22.7 Å². The second kappa shape index (κ2) is 13.0. The monoisotopic (exact) mass is 573 g/mol. The van der Waals surface area contributed by atoms with E-state index in [0.29, 0.717) is 31.6 Å². The zero-order chi connectivity index (χ0) is 28.7. The lowest BCUT2D eigenvalue weighted by Gasteiger charge is -2.31. The average Bonchev–Trinajstić information content (AvgIpc) is 3.35. The summed E-state index contributed by atoms with van der Waals surface area (Å²) >= 11 is 0. The molecule has 4 aromatic rings. The number of aryl methyl sites for hydroxylation is 2. The number of carbonyl (C=O) groups excluding carboxylic acids is 2. The van der Waals surface area contributed by atoms with Crippen LogP contribution in [-0.2, 0) is 34.3 Å². The van der Waals surface area contributed by atoms with Gasteiger partial charge in [-0.1, -0.05) is 78.9 Å². The number of piperidine rings is 1. The summed E-state index contributed by atoms with van der Waals surface area (Å²) in [5.74, 6) is -1.18. The quantitative estimate of drug-likeness (QED) is 0.275. The molecule has 1 fully saturated rings. The lowest BCUT2D eigenvalue weighted by Crippen LogP contribution is -2.44. The summed E-state index contributed by atoms with van der Waals surface area (Å²) in [7, 11) is -3.94. The molecule has 1 aromatic heterocycles. The molecule has 9 heteroatoms. The Hall–Kier alpha value is -4.11. The van der Waals surface area contributed by atoms with E-state index < -0.39 is 22.0 Å². The maximum absolute atomic E-state index is 13.3. The Morgan fingerprint density at radius 1 is 0.902 bits per heavy atom. The summed E-state index contributed by atoms with van der Waals surface area (Å²) in [4.78, 5) is 27.5. The average molecular weight is 574 g/mol. The Kier molecular flexibility index (Phi) is 9.04. The predicted octanol–water partition coefficient (Wildman–Crippen LogP) is 5.38. The molecule has 0 radical (unpaired) electrons. The number of amides is 2. The molecule has 5 rings (SSSR count). The predicted molar refractivity (Wildman–Crippen MR) is 159 cm³/mol. The topological polar surface area (TPSA) is 97.7 Å². The van der Waals surface area contributed by atoms with Gasteiger partial charge in [-0.3, -0.25) is 4.79 Å². The molecule has 1 aliphatic heterocycles. The molecule has 0 bridgehead atoms. The molecule has 8 nitrogen and oxygen atoms in total. The molecule has 1 aliphatic rings. The van der Waals surface area contributed by atoms with Crippen molar-refractivity contribution >= 4 is 32.9 Å². The second-order valence-electron chi connectivity index (χ2n) is 10.5. The van der Waals surface area contributed by atoms with Crippen LogP contribution < -0.4 is 4.72 Å². The highest BCUT2D eigenvalue weighted by Gasteiger charge is 2.30. The first-order chi connectivity index (χ1) is 19.9. The van der Waals surface area contributed by atoms with Crippen LogP contribution in [0.2, 0.25) is 0 Å². The highest BCUT2D eigenvalue weighted by atomic mass is 32.2.